The van der Waals surface area contributed by atoms with Crippen LogP contribution in [0.5, 0.6) is 0 Å². The molecule has 6 N–H and O–H groups in total. The molecule has 1 atom stereocenters. The second-order valence-corrected chi connectivity index (χ2v) is 2.40. The Kier molecular flexibility index (Phi) is 2.42. The van der Waals surface area contributed by atoms with Gasteiger partial charge in [-0.15, -0.1) is 0 Å². The van der Waals surface area contributed by atoms with Crippen LogP contribution in [0.2, 0.25) is 0 Å². The third-order valence-corrected chi connectivity index (χ3v) is 1.49. The molecule has 0 saturated heterocycles. The van der Waals surface area contributed by atoms with Crippen LogP contribution < -0.4 is 11.5 Å². The predicted octanol–water partition coefficient (Wildman–Crippen LogP) is -1.43. The molecule has 0 radical (unpaired) electrons. The van der Waals surface area contributed by atoms with Crippen LogP contribution in [0.1, 0.15) is 6.92 Å². The van der Waals surface area contributed by atoms with Crippen LogP contribution in [0.15, 0.2) is 0 Å². The molecule has 0 heterocycles. The number of carbonyl (C=O) groups is 1. The molecule has 0 aromatic carbocycles. The molecule has 0 aliphatic heterocycles. The fraction of sp³-hybridized carbons (Fsp3) is 0.600. The molecule has 6 nitrogen and oxygen atoms in total. The summed E-state index contributed by atoms with van der Waals surface area (Å²) in [5, 5.41) is 15.5. The smallest absolute Gasteiger partial charge is 0.344 e. The number of nitrogens with one attached hydrogen (secondary N) is 1. The summed E-state index contributed by atoms with van der Waals surface area (Å²) in [6, 6.07) is 0. The first kappa shape index (κ1) is 9.70. The van der Waals surface area contributed by atoms with Crippen LogP contribution in [0.3, 0.4) is 0 Å². The van der Waals surface area contributed by atoms with E-state index in [1.807, 2.05) is 0 Å². The number of nitrogens with zero attached hydrogens (tertiary/aromatic N) is 1. The maximum Gasteiger partial charge on any atom is 0.344 e. The second-order valence-electron chi connectivity index (χ2n) is 2.40. The number of carboxylic acid groups (broad SMARTS) is 1. The minimum Gasteiger partial charge on any atom is -0.478 e. The SMILES string of the molecule is CN(C(=N)N)C(C)(N)C(=O)O. The number of hydrogen-bond donors (Lipinski definition) is 4. The van der Waals surface area contributed by atoms with Gasteiger partial charge in [0.15, 0.2) is 11.6 Å². The number of likely N-dealkylation sites (N-methyl/N-ethyl adjacent to an activating group) is 1. The largest absolute Gasteiger partial charge is 0.478 e. The summed E-state index contributed by atoms with van der Waals surface area (Å²) in [6.07, 6.45) is 0. The van der Waals surface area contributed by atoms with Gasteiger partial charge < -0.3 is 15.7 Å². The van der Waals surface area contributed by atoms with Crippen molar-refractivity contribution in [1.82, 2.24) is 4.90 Å². The molecule has 0 aromatic rings. The van der Waals surface area contributed by atoms with Crippen molar-refractivity contribution in [2.75, 3.05) is 7.05 Å². The molecule has 0 amide bonds. The van der Waals surface area contributed by atoms with Gasteiger partial charge in [-0.1, -0.05) is 0 Å². The van der Waals surface area contributed by atoms with Gasteiger partial charge in [0, 0.05) is 7.05 Å². The lowest BCUT2D eigenvalue weighted by Gasteiger charge is -2.30. The molecule has 0 spiro atoms. The van der Waals surface area contributed by atoms with Crippen LogP contribution in [-0.4, -0.2) is 34.6 Å². The van der Waals surface area contributed by atoms with Crippen molar-refractivity contribution >= 4 is 11.9 Å². The predicted molar refractivity (Wildman–Crippen MR) is 39.9 cm³/mol. The maximum atomic E-state index is 10.4. The average Bonchev–Trinajstić information content (AvgIpc) is 1.85. The summed E-state index contributed by atoms with van der Waals surface area (Å²) >= 11 is 0. The summed E-state index contributed by atoms with van der Waals surface area (Å²) < 4.78 is 0. The lowest BCUT2D eigenvalue weighted by molar-refractivity contribution is -0.147. The van der Waals surface area contributed by atoms with E-state index in [1.165, 1.54) is 14.0 Å². The fourth-order valence-electron chi connectivity index (χ4n) is 0.394. The number of guanidine groups is 1. The van der Waals surface area contributed by atoms with Crippen molar-refractivity contribution in [2.24, 2.45) is 11.5 Å². The summed E-state index contributed by atoms with van der Waals surface area (Å²) in [5.41, 5.74) is 8.72. The Balaban J connectivity index is 4.55. The molecule has 0 aliphatic rings. The number of aliphatic carboxylic acids is 1. The van der Waals surface area contributed by atoms with E-state index in [0.717, 1.165) is 4.90 Å². The zero-order valence-electron chi connectivity index (χ0n) is 6.46. The highest BCUT2D eigenvalue weighted by Crippen LogP contribution is 2.03. The van der Waals surface area contributed by atoms with E-state index in [4.69, 9.17) is 22.0 Å². The third-order valence-electron chi connectivity index (χ3n) is 1.49. The Hall–Kier alpha value is -1.30. The summed E-state index contributed by atoms with van der Waals surface area (Å²) in [6.45, 7) is 1.26. The molecule has 6 heteroatoms. The van der Waals surface area contributed by atoms with Crippen LogP contribution in [0.25, 0.3) is 0 Å². The normalized spacial score (nSPS) is 15.2. The van der Waals surface area contributed by atoms with Crippen molar-refractivity contribution in [3.8, 4) is 0 Å². The highest BCUT2D eigenvalue weighted by Gasteiger charge is 2.33. The Labute approximate surface area is 64.3 Å². The lowest BCUT2D eigenvalue weighted by atomic mass is 10.2. The van der Waals surface area contributed by atoms with Crippen molar-refractivity contribution in [3.05, 3.63) is 0 Å². The lowest BCUT2D eigenvalue weighted by Crippen LogP contribution is -2.61. The van der Waals surface area contributed by atoms with Crippen molar-refractivity contribution < 1.29 is 9.90 Å². The molecule has 1 unspecified atom stereocenters. The highest BCUT2D eigenvalue weighted by atomic mass is 16.4. The third kappa shape index (κ3) is 1.81. The molecular formula is C5H12N4O2. The van der Waals surface area contributed by atoms with E-state index >= 15 is 0 Å². The Bertz CT molecular complexity index is 189. The second kappa shape index (κ2) is 2.75. The zero-order valence-corrected chi connectivity index (χ0v) is 6.46. The van der Waals surface area contributed by atoms with Gasteiger partial charge in [0.05, 0.1) is 0 Å². The van der Waals surface area contributed by atoms with E-state index in [9.17, 15) is 4.79 Å². The van der Waals surface area contributed by atoms with Gasteiger partial charge in [0.1, 0.15) is 0 Å². The number of carboxylic acids is 1. The molecule has 11 heavy (non-hydrogen) atoms. The van der Waals surface area contributed by atoms with E-state index in [-0.39, 0.29) is 5.96 Å². The van der Waals surface area contributed by atoms with Crippen molar-refractivity contribution in [3.63, 3.8) is 0 Å². The monoisotopic (exact) mass is 160 g/mol. The molecule has 0 saturated carbocycles. The Morgan fingerprint density at radius 1 is 1.73 bits per heavy atom. The maximum absolute atomic E-state index is 10.4. The fourth-order valence-corrected chi connectivity index (χ4v) is 0.394. The van der Waals surface area contributed by atoms with Crippen molar-refractivity contribution in [2.45, 2.75) is 12.6 Å². The first-order chi connectivity index (χ1) is 4.80. The quantitative estimate of drug-likeness (QED) is 0.224. The first-order valence-electron chi connectivity index (χ1n) is 2.90. The van der Waals surface area contributed by atoms with Gasteiger partial charge in [0.25, 0.3) is 0 Å². The average molecular weight is 160 g/mol. The van der Waals surface area contributed by atoms with E-state index < -0.39 is 11.6 Å². The van der Waals surface area contributed by atoms with Crippen molar-refractivity contribution in [1.29, 1.82) is 5.41 Å². The summed E-state index contributed by atoms with van der Waals surface area (Å²) in [7, 11) is 1.34. The molecule has 0 fully saturated rings. The molecule has 0 aromatic heterocycles. The van der Waals surface area contributed by atoms with Crippen LogP contribution in [0, 0.1) is 5.41 Å². The minimum absolute atomic E-state index is 0.377. The Morgan fingerprint density at radius 2 is 2.09 bits per heavy atom. The van der Waals surface area contributed by atoms with Gasteiger partial charge in [-0.2, -0.15) is 0 Å². The van der Waals surface area contributed by atoms with E-state index in [0.29, 0.717) is 0 Å². The minimum atomic E-state index is -1.62. The number of rotatable bonds is 2. The van der Waals surface area contributed by atoms with E-state index in [2.05, 4.69) is 0 Å². The van der Waals surface area contributed by atoms with Gasteiger partial charge in [0.2, 0.25) is 0 Å². The highest BCUT2D eigenvalue weighted by molar-refractivity contribution is 5.85. The molecule has 64 valence electrons. The standard InChI is InChI=1S/C5H12N4O2/c1-5(8,3(10)11)9(2)4(6)7/h8H2,1-2H3,(H3,6,7)(H,10,11). The molecular weight excluding hydrogens is 148 g/mol. The number of hydrogen-bond acceptors (Lipinski definition) is 3. The Morgan fingerprint density at radius 3 is 2.18 bits per heavy atom. The van der Waals surface area contributed by atoms with Crippen LogP contribution in [0.4, 0.5) is 0 Å². The zero-order chi connectivity index (χ0) is 9.23. The molecule has 0 aliphatic carbocycles. The molecule has 0 bridgehead atoms. The summed E-state index contributed by atoms with van der Waals surface area (Å²) in [4.78, 5) is 11.4. The van der Waals surface area contributed by atoms with E-state index in [1.54, 1.807) is 0 Å². The molecule has 0 rings (SSSR count). The topological polar surface area (TPSA) is 116 Å². The van der Waals surface area contributed by atoms with Crippen LogP contribution >= 0.6 is 0 Å². The van der Waals surface area contributed by atoms with Gasteiger partial charge >= 0.3 is 5.97 Å². The first-order valence-corrected chi connectivity index (χ1v) is 2.90. The van der Waals surface area contributed by atoms with Gasteiger partial charge in [-0.05, 0) is 6.92 Å². The van der Waals surface area contributed by atoms with Gasteiger partial charge in [-0.3, -0.25) is 11.1 Å². The number of nitrogens with two attached hydrogens (primary N) is 2. The van der Waals surface area contributed by atoms with Gasteiger partial charge in [-0.25, -0.2) is 4.79 Å². The summed E-state index contributed by atoms with van der Waals surface area (Å²) in [5.74, 6) is -1.60. The van der Waals surface area contributed by atoms with Crippen LogP contribution in [-0.2, 0) is 4.79 Å².